The fourth-order valence-corrected chi connectivity index (χ4v) is 1.57. The van der Waals surface area contributed by atoms with Crippen molar-refractivity contribution in [1.82, 2.24) is 5.32 Å². The quantitative estimate of drug-likeness (QED) is 0.597. The molecule has 1 amide bonds. The highest BCUT2D eigenvalue weighted by atomic mass is 16.5. The van der Waals surface area contributed by atoms with Crippen molar-refractivity contribution in [1.29, 1.82) is 0 Å². The molecule has 1 atom stereocenters. The molecule has 0 rings (SSSR count). The maximum Gasteiger partial charge on any atom is 0.310 e. The average molecular weight is 273 g/mol. The van der Waals surface area contributed by atoms with Crippen molar-refractivity contribution in [3.63, 3.8) is 0 Å². The lowest BCUT2D eigenvalue weighted by Gasteiger charge is -2.28. The molecule has 0 aliphatic rings. The van der Waals surface area contributed by atoms with Gasteiger partial charge in [-0.3, -0.25) is 9.59 Å². The van der Waals surface area contributed by atoms with Crippen LogP contribution >= 0.6 is 0 Å². The molecule has 1 unspecified atom stereocenters. The molecule has 0 aliphatic carbocycles. The number of carboxylic acid groups (broad SMARTS) is 1. The molecule has 112 valence electrons. The Bertz CT molecular complexity index is 291. The molecule has 0 spiro atoms. The minimum absolute atomic E-state index is 0.00974. The molecule has 5 heteroatoms. The van der Waals surface area contributed by atoms with Crippen molar-refractivity contribution in [3.8, 4) is 0 Å². The summed E-state index contributed by atoms with van der Waals surface area (Å²) in [5, 5.41) is 12.0. The van der Waals surface area contributed by atoms with Gasteiger partial charge in [0.15, 0.2) is 0 Å². The Morgan fingerprint density at radius 3 is 2.42 bits per heavy atom. The molecule has 0 aliphatic heterocycles. The van der Waals surface area contributed by atoms with E-state index in [4.69, 9.17) is 4.74 Å². The van der Waals surface area contributed by atoms with Crippen LogP contribution in [0.15, 0.2) is 0 Å². The summed E-state index contributed by atoms with van der Waals surface area (Å²) < 4.78 is 5.30. The Labute approximate surface area is 115 Å². The van der Waals surface area contributed by atoms with Gasteiger partial charge in [-0.2, -0.15) is 0 Å². The first kappa shape index (κ1) is 17.9. The van der Waals surface area contributed by atoms with E-state index in [1.54, 1.807) is 6.92 Å². The maximum absolute atomic E-state index is 11.7. The molecule has 0 radical (unpaired) electrons. The van der Waals surface area contributed by atoms with Gasteiger partial charge in [-0.05, 0) is 25.7 Å². The van der Waals surface area contributed by atoms with E-state index in [9.17, 15) is 14.7 Å². The van der Waals surface area contributed by atoms with Gasteiger partial charge in [0.25, 0.3) is 0 Å². The molecule has 0 aromatic carbocycles. The highest BCUT2D eigenvalue weighted by molar-refractivity contribution is 5.84. The normalized spacial score (nSPS) is 14.2. The lowest BCUT2D eigenvalue weighted by atomic mass is 9.76. The number of carbonyl (C=O) groups is 2. The SMILES string of the molecule is CCCOCCCNC(=O)CC(C)(C(=O)O)C(C)C. The van der Waals surface area contributed by atoms with Crippen LogP contribution in [-0.4, -0.2) is 36.7 Å². The molecule has 5 nitrogen and oxygen atoms in total. The van der Waals surface area contributed by atoms with E-state index in [2.05, 4.69) is 5.32 Å². The van der Waals surface area contributed by atoms with Crippen LogP contribution in [0, 0.1) is 11.3 Å². The van der Waals surface area contributed by atoms with E-state index in [1.165, 1.54) is 0 Å². The van der Waals surface area contributed by atoms with E-state index >= 15 is 0 Å². The number of carboxylic acids is 1. The summed E-state index contributed by atoms with van der Waals surface area (Å²) in [6, 6.07) is 0. The molecular weight excluding hydrogens is 246 g/mol. The smallest absolute Gasteiger partial charge is 0.310 e. The number of rotatable bonds is 10. The van der Waals surface area contributed by atoms with E-state index < -0.39 is 11.4 Å². The molecule has 19 heavy (non-hydrogen) atoms. The number of nitrogens with one attached hydrogen (secondary N) is 1. The number of ether oxygens (including phenoxy) is 1. The predicted molar refractivity (Wildman–Crippen MR) is 73.9 cm³/mol. The van der Waals surface area contributed by atoms with Crippen LogP contribution in [0.3, 0.4) is 0 Å². The van der Waals surface area contributed by atoms with E-state index in [1.807, 2.05) is 20.8 Å². The van der Waals surface area contributed by atoms with Crippen LogP contribution in [-0.2, 0) is 14.3 Å². The van der Waals surface area contributed by atoms with Crippen molar-refractivity contribution in [2.24, 2.45) is 11.3 Å². The monoisotopic (exact) mass is 273 g/mol. The summed E-state index contributed by atoms with van der Waals surface area (Å²) in [6.45, 7) is 9.17. The molecule has 2 N–H and O–H groups in total. The maximum atomic E-state index is 11.7. The van der Waals surface area contributed by atoms with Crippen LogP contribution in [0.4, 0.5) is 0 Å². The van der Waals surface area contributed by atoms with Crippen molar-refractivity contribution >= 4 is 11.9 Å². The lowest BCUT2D eigenvalue weighted by molar-refractivity contribution is -0.153. The second-order valence-corrected chi connectivity index (χ2v) is 5.37. The predicted octanol–water partition coefficient (Wildman–Crippen LogP) is 2.06. The summed E-state index contributed by atoms with van der Waals surface area (Å²) >= 11 is 0. The number of hydrogen-bond donors (Lipinski definition) is 2. The third kappa shape index (κ3) is 6.57. The minimum atomic E-state index is -1.01. The van der Waals surface area contributed by atoms with Crippen molar-refractivity contribution in [2.45, 2.75) is 47.0 Å². The Morgan fingerprint density at radius 1 is 1.32 bits per heavy atom. The first-order valence-corrected chi connectivity index (χ1v) is 6.92. The van der Waals surface area contributed by atoms with Crippen molar-refractivity contribution < 1.29 is 19.4 Å². The standard InChI is InChI=1S/C14H27NO4/c1-5-8-19-9-6-7-15-12(16)10-14(4,11(2)3)13(17)18/h11H,5-10H2,1-4H3,(H,15,16)(H,17,18). The van der Waals surface area contributed by atoms with Gasteiger partial charge >= 0.3 is 5.97 Å². The Hall–Kier alpha value is -1.10. The van der Waals surface area contributed by atoms with Gasteiger partial charge in [0.05, 0.1) is 5.41 Å². The van der Waals surface area contributed by atoms with Crippen molar-refractivity contribution in [2.75, 3.05) is 19.8 Å². The van der Waals surface area contributed by atoms with Crippen LogP contribution < -0.4 is 5.32 Å². The minimum Gasteiger partial charge on any atom is -0.481 e. The second-order valence-electron chi connectivity index (χ2n) is 5.37. The Morgan fingerprint density at radius 2 is 1.95 bits per heavy atom. The molecular formula is C14H27NO4. The third-order valence-electron chi connectivity index (χ3n) is 3.43. The van der Waals surface area contributed by atoms with Crippen LogP contribution in [0.2, 0.25) is 0 Å². The van der Waals surface area contributed by atoms with Gasteiger partial charge in [0, 0.05) is 26.2 Å². The first-order chi connectivity index (χ1) is 8.84. The van der Waals surface area contributed by atoms with Crippen LogP contribution in [0.25, 0.3) is 0 Å². The highest BCUT2D eigenvalue weighted by Crippen LogP contribution is 2.31. The third-order valence-corrected chi connectivity index (χ3v) is 3.43. The summed E-state index contributed by atoms with van der Waals surface area (Å²) in [5.41, 5.74) is -1.01. The molecule has 0 heterocycles. The van der Waals surface area contributed by atoms with E-state index in [-0.39, 0.29) is 18.2 Å². The van der Waals surface area contributed by atoms with Gasteiger partial charge < -0.3 is 15.2 Å². The number of amides is 1. The van der Waals surface area contributed by atoms with E-state index in [0.29, 0.717) is 13.2 Å². The summed E-state index contributed by atoms with van der Waals surface area (Å²) in [6.07, 6.45) is 1.74. The van der Waals surface area contributed by atoms with Gasteiger partial charge in [-0.1, -0.05) is 20.8 Å². The van der Waals surface area contributed by atoms with Gasteiger partial charge in [-0.15, -0.1) is 0 Å². The van der Waals surface area contributed by atoms with E-state index in [0.717, 1.165) is 19.4 Å². The summed E-state index contributed by atoms with van der Waals surface area (Å²) in [4.78, 5) is 23.0. The highest BCUT2D eigenvalue weighted by Gasteiger charge is 2.38. The lowest BCUT2D eigenvalue weighted by Crippen LogP contribution is -2.39. The fraction of sp³-hybridized carbons (Fsp3) is 0.857. The largest absolute Gasteiger partial charge is 0.481 e. The number of aliphatic carboxylic acids is 1. The summed E-state index contributed by atoms with van der Waals surface area (Å²) in [7, 11) is 0. The molecule has 0 fully saturated rings. The van der Waals surface area contributed by atoms with Gasteiger partial charge in [0.1, 0.15) is 0 Å². The molecule has 0 aromatic heterocycles. The number of hydrogen-bond acceptors (Lipinski definition) is 3. The molecule has 0 bridgehead atoms. The number of carbonyl (C=O) groups excluding carboxylic acids is 1. The Balaban J connectivity index is 3.99. The zero-order valence-electron chi connectivity index (χ0n) is 12.5. The average Bonchev–Trinajstić information content (AvgIpc) is 2.32. The van der Waals surface area contributed by atoms with Crippen LogP contribution in [0.1, 0.15) is 47.0 Å². The topological polar surface area (TPSA) is 75.6 Å². The van der Waals surface area contributed by atoms with Crippen LogP contribution in [0.5, 0.6) is 0 Å². The zero-order chi connectivity index (χ0) is 14.9. The molecule has 0 saturated heterocycles. The zero-order valence-corrected chi connectivity index (χ0v) is 12.5. The Kier molecular flexibility index (Phi) is 8.39. The second kappa shape index (κ2) is 8.91. The first-order valence-electron chi connectivity index (χ1n) is 6.92. The van der Waals surface area contributed by atoms with Gasteiger partial charge in [0.2, 0.25) is 5.91 Å². The molecule has 0 aromatic rings. The molecule has 0 saturated carbocycles. The van der Waals surface area contributed by atoms with Crippen molar-refractivity contribution in [3.05, 3.63) is 0 Å². The summed E-state index contributed by atoms with van der Waals surface area (Å²) in [5.74, 6) is -1.23. The fourth-order valence-electron chi connectivity index (χ4n) is 1.57. The van der Waals surface area contributed by atoms with Gasteiger partial charge in [-0.25, -0.2) is 0 Å².